The Kier molecular flexibility index (Phi) is 9.56. The van der Waals surface area contributed by atoms with Crippen LogP contribution in [0.3, 0.4) is 0 Å². The Hall–Kier alpha value is -4.34. The van der Waals surface area contributed by atoms with E-state index in [9.17, 15) is 14.7 Å². The third kappa shape index (κ3) is 6.90. The number of rotatable bonds is 10. The monoisotopic (exact) mass is 597 g/mol. The molecule has 232 valence electrons. The minimum atomic E-state index is -0.987. The van der Waals surface area contributed by atoms with Crippen molar-refractivity contribution < 1.29 is 19.4 Å². The number of aliphatic hydroxyl groups is 1. The number of benzene rings is 3. The molecule has 0 saturated carbocycles. The van der Waals surface area contributed by atoms with Crippen molar-refractivity contribution in [3.05, 3.63) is 95.7 Å². The average Bonchev–Trinajstić information content (AvgIpc) is 3.45. The van der Waals surface area contributed by atoms with Crippen molar-refractivity contribution in [2.75, 3.05) is 39.1 Å². The van der Waals surface area contributed by atoms with E-state index in [0.717, 1.165) is 27.6 Å². The second kappa shape index (κ2) is 13.5. The molecule has 2 atom stereocenters. The first-order valence-corrected chi connectivity index (χ1v) is 15.3. The first-order chi connectivity index (χ1) is 21.2. The van der Waals surface area contributed by atoms with E-state index in [1.807, 2.05) is 107 Å². The molecule has 1 aromatic heterocycles. The second-order valence-corrected chi connectivity index (χ2v) is 11.9. The molecule has 0 aliphatic carbocycles. The molecule has 9 nitrogen and oxygen atoms in total. The van der Waals surface area contributed by atoms with Gasteiger partial charge in [0.15, 0.2) is 0 Å². The third-order valence-corrected chi connectivity index (χ3v) is 8.46. The highest BCUT2D eigenvalue weighted by atomic mass is 16.5. The summed E-state index contributed by atoms with van der Waals surface area (Å²) in [5.74, 6) is -0.122. The minimum Gasteiger partial charge on any atom is -0.492 e. The number of likely N-dealkylation sites (tertiary alicyclic amines) is 1. The SMILES string of the molecule is CCOc1ccc(CN(C)C)cc1NC(=O)[C@H](NC(=O)N1CCC(O)(c2ccccc2)CC1)[C@H](C)c1c[nH]c2ccccc12. The van der Waals surface area contributed by atoms with Crippen molar-refractivity contribution >= 4 is 28.5 Å². The van der Waals surface area contributed by atoms with Gasteiger partial charge in [-0.2, -0.15) is 0 Å². The Morgan fingerprint density at radius 1 is 1.05 bits per heavy atom. The van der Waals surface area contributed by atoms with E-state index in [0.29, 0.717) is 50.5 Å². The highest BCUT2D eigenvalue weighted by Crippen LogP contribution is 2.34. The predicted octanol–water partition coefficient (Wildman–Crippen LogP) is 5.43. The van der Waals surface area contributed by atoms with Crippen molar-refractivity contribution in [2.45, 2.75) is 50.8 Å². The molecule has 4 aromatic rings. The molecule has 1 fully saturated rings. The lowest BCUT2D eigenvalue weighted by molar-refractivity contribution is -0.118. The standard InChI is InChI=1S/C35H43N5O4/c1-5-44-31-16-15-25(23-39(3)4)21-30(31)37-33(41)32(24(2)28-22-36-29-14-10-9-13-27(28)29)38-34(42)40-19-17-35(43,18-20-40)26-11-7-6-8-12-26/h6-16,21-22,24,32,36,43H,5,17-20,23H2,1-4H3,(H,37,41)(H,38,42)/t24-,32-/m1/s1. The fourth-order valence-electron chi connectivity index (χ4n) is 6.04. The number of aromatic nitrogens is 1. The Morgan fingerprint density at radius 2 is 1.75 bits per heavy atom. The van der Waals surface area contributed by atoms with Crippen LogP contribution in [0.5, 0.6) is 5.75 Å². The third-order valence-electron chi connectivity index (χ3n) is 8.46. The highest BCUT2D eigenvalue weighted by molar-refractivity contribution is 5.99. The van der Waals surface area contributed by atoms with Crippen molar-refractivity contribution in [1.82, 2.24) is 20.1 Å². The summed E-state index contributed by atoms with van der Waals surface area (Å²) in [4.78, 5) is 34.9. The smallest absolute Gasteiger partial charge is 0.318 e. The number of nitrogens with one attached hydrogen (secondary N) is 3. The van der Waals surface area contributed by atoms with Gasteiger partial charge in [0, 0.05) is 42.7 Å². The predicted molar refractivity (Wildman–Crippen MR) is 174 cm³/mol. The Morgan fingerprint density at radius 3 is 2.45 bits per heavy atom. The van der Waals surface area contributed by atoms with E-state index >= 15 is 0 Å². The first kappa shape index (κ1) is 31.1. The van der Waals surface area contributed by atoms with Gasteiger partial charge in [-0.1, -0.05) is 61.5 Å². The number of hydrogen-bond donors (Lipinski definition) is 4. The number of carbonyl (C=O) groups excluding carboxylic acids is 2. The second-order valence-electron chi connectivity index (χ2n) is 11.9. The number of H-pyrrole nitrogens is 1. The van der Waals surface area contributed by atoms with Crippen LogP contribution < -0.4 is 15.4 Å². The van der Waals surface area contributed by atoms with Gasteiger partial charge in [-0.15, -0.1) is 0 Å². The number of ether oxygens (including phenoxy) is 1. The summed E-state index contributed by atoms with van der Waals surface area (Å²) in [6.45, 7) is 5.75. The van der Waals surface area contributed by atoms with Gasteiger partial charge in [0.05, 0.1) is 17.9 Å². The molecule has 1 aliphatic rings. The van der Waals surface area contributed by atoms with Gasteiger partial charge in [0.2, 0.25) is 5.91 Å². The molecule has 2 heterocycles. The molecule has 3 amide bonds. The zero-order chi connectivity index (χ0) is 31.3. The van der Waals surface area contributed by atoms with Crippen LogP contribution in [0, 0.1) is 0 Å². The zero-order valence-electron chi connectivity index (χ0n) is 26.0. The van der Waals surface area contributed by atoms with Crippen LogP contribution in [0.2, 0.25) is 0 Å². The number of hydrogen-bond acceptors (Lipinski definition) is 5. The van der Waals surface area contributed by atoms with Crippen LogP contribution in [0.15, 0.2) is 79.0 Å². The number of nitrogens with zero attached hydrogens (tertiary/aromatic N) is 2. The topological polar surface area (TPSA) is 110 Å². The molecule has 4 N–H and O–H groups in total. The van der Waals surface area contributed by atoms with Crippen LogP contribution in [0.1, 0.15) is 49.3 Å². The molecular formula is C35H43N5O4. The largest absolute Gasteiger partial charge is 0.492 e. The average molecular weight is 598 g/mol. The molecule has 0 radical (unpaired) electrons. The summed E-state index contributed by atoms with van der Waals surface area (Å²) in [5, 5.41) is 18.4. The highest BCUT2D eigenvalue weighted by Gasteiger charge is 2.37. The first-order valence-electron chi connectivity index (χ1n) is 15.3. The van der Waals surface area contributed by atoms with Gasteiger partial charge in [0.1, 0.15) is 11.8 Å². The molecule has 3 aromatic carbocycles. The minimum absolute atomic E-state index is 0.335. The summed E-state index contributed by atoms with van der Waals surface area (Å²) < 4.78 is 5.85. The maximum absolute atomic E-state index is 14.1. The Balaban J connectivity index is 1.39. The number of urea groups is 1. The molecule has 0 bridgehead atoms. The number of piperidine rings is 1. The fraction of sp³-hybridized carbons (Fsp3) is 0.371. The molecule has 9 heteroatoms. The van der Waals surface area contributed by atoms with Crippen LogP contribution in [-0.2, 0) is 16.9 Å². The fourth-order valence-corrected chi connectivity index (χ4v) is 6.04. The molecule has 0 unspecified atom stereocenters. The van der Waals surface area contributed by atoms with E-state index in [4.69, 9.17) is 4.74 Å². The lowest BCUT2D eigenvalue weighted by atomic mass is 9.84. The molecule has 5 rings (SSSR count). The van der Waals surface area contributed by atoms with Gasteiger partial charge in [-0.3, -0.25) is 4.79 Å². The van der Waals surface area contributed by atoms with Crippen molar-refractivity contribution in [3.8, 4) is 5.75 Å². The van der Waals surface area contributed by atoms with Crippen LogP contribution in [-0.4, -0.2) is 71.7 Å². The van der Waals surface area contributed by atoms with Gasteiger partial charge in [-0.05, 0) is 68.8 Å². The number of amides is 3. The van der Waals surface area contributed by atoms with Crippen molar-refractivity contribution in [1.29, 1.82) is 0 Å². The van der Waals surface area contributed by atoms with E-state index in [1.165, 1.54) is 0 Å². The summed E-state index contributed by atoms with van der Waals surface area (Å²) in [7, 11) is 3.98. The maximum atomic E-state index is 14.1. The lowest BCUT2D eigenvalue weighted by Gasteiger charge is -2.39. The van der Waals surface area contributed by atoms with Gasteiger partial charge >= 0.3 is 6.03 Å². The molecule has 0 spiro atoms. The summed E-state index contributed by atoms with van der Waals surface area (Å²) in [6, 6.07) is 22.1. The normalized spacial score (nSPS) is 16.0. The zero-order valence-corrected chi connectivity index (χ0v) is 26.0. The maximum Gasteiger partial charge on any atom is 0.318 e. The number of carbonyl (C=O) groups is 2. The molecule has 1 saturated heterocycles. The van der Waals surface area contributed by atoms with E-state index < -0.39 is 11.6 Å². The molecular weight excluding hydrogens is 554 g/mol. The van der Waals surface area contributed by atoms with Gasteiger partial charge in [-0.25, -0.2) is 4.79 Å². The Bertz CT molecular complexity index is 1580. The van der Waals surface area contributed by atoms with Gasteiger partial charge < -0.3 is 35.3 Å². The van der Waals surface area contributed by atoms with Gasteiger partial charge in [0.25, 0.3) is 0 Å². The Labute approximate surface area is 259 Å². The summed E-state index contributed by atoms with van der Waals surface area (Å²) >= 11 is 0. The van der Waals surface area contributed by atoms with E-state index in [2.05, 4.69) is 20.5 Å². The van der Waals surface area contributed by atoms with Crippen LogP contribution in [0.4, 0.5) is 10.5 Å². The summed E-state index contributed by atoms with van der Waals surface area (Å²) in [6.07, 6.45) is 2.73. The van der Waals surface area contributed by atoms with Crippen LogP contribution >= 0.6 is 0 Å². The number of aromatic amines is 1. The van der Waals surface area contributed by atoms with Crippen molar-refractivity contribution in [2.24, 2.45) is 0 Å². The summed E-state index contributed by atoms with van der Waals surface area (Å²) in [5.41, 5.74) is 3.35. The van der Waals surface area contributed by atoms with Crippen molar-refractivity contribution in [3.63, 3.8) is 0 Å². The molecule has 1 aliphatic heterocycles. The number of fused-ring (bicyclic) bond motifs is 1. The van der Waals surface area contributed by atoms with E-state index in [1.54, 1.807) is 4.90 Å². The number of para-hydroxylation sites is 1. The van der Waals surface area contributed by atoms with E-state index in [-0.39, 0.29) is 17.9 Å². The lowest BCUT2D eigenvalue weighted by Crippen LogP contribution is -2.54. The quantitative estimate of drug-likeness (QED) is 0.195. The van der Waals surface area contributed by atoms with Crippen LogP contribution in [0.25, 0.3) is 10.9 Å². The molecule has 44 heavy (non-hydrogen) atoms. The number of anilines is 1.